The van der Waals surface area contributed by atoms with Crippen LogP contribution in [0.5, 0.6) is 11.5 Å². The third-order valence-electron chi connectivity index (χ3n) is 4.85. The molecule has 2 aromatic carbocycles. The van der Waals surface area contributed by atoms with E-state index in [1.807, 2.05) is 11.0 Å². The minimum Gasteiger partial charge on any atom is -0.454 e. The number of anilines is 1. The van der Waals surface area contributed by atoms with Gasteiger partial charge in [-0.05, 0) is 44.0 Å². The molecule has 9 heteroatoms. The van der Waals surface area contributed by atoms with Crippen LogP contribution in [-0.4, -0.2) is 39.9 Å². The Morgan fingerprint density at radius 1 is 1.00 bits per heavy atom. The first-order valence-electron chi connectivity index (χ1n) is 11.0. The molecular formula is C24H32N2O6S. The molecule has 0 saturated carbocycles. The molecule has 180 valence electrons. The molecule has 0 spiro atoms. The lowest BCUT2D eigenvalue weighted by molar-refractivity contribution is -0.120. The van der Waals surface area contributed by atoms with E-state index in [4.69, 9.17) is 14.6 Å². The van der Waals surface area contributed by atoms with Crippen LogP contribution in [0.3, 0.4) is 0 Å². The number of para-hydroxylation sites is 1. The first-order valence-corrected chi connectivity index (χ1v) is 12.6. The number of hydrogen-bond donors (Lipinski definition) is 1. The van der Waals surface area contributed by atoms with Crippen LogP contribution in [0.15, 0.2) is 47.4 Å². The predicted molar refractivity (Wildman–Crippen MR) is 127 cm³/mol. The van der Waals surface area contributed by atoms with Crippen LogP contribution >= 0.6 is 0 Å². The van der Waals surface area contributed by atoms with Crippen molar-refractivity contribution in [2.24, 2.45) is 5.14 Å². The van der Waals surface area contributed by atoms with Crippen LogP contribution in [0.1, 0.15) is 56.8 Å². The highest BCUT2D eigenvalue weighted by Crippen LogP contribution is 2.39. The summed E-state index contributed by atoms with van der Waals surface area (Å²) in [6.07, 6.45) is 3.58. The Bertz CT molecular complexity index is 1050. The van der Waals surface area contributed by atoms with Gasteiger partial charge in [0.05, 0.1) is 11.3 Å². The topological polar surface area (TPSA) is 116 Å². The standard InChI is InChI=1S/C24H32N2O6S/c1-4-6-13-26(14-7-5-2)21-15-19(24(28)31-17-18(3)27)16-22(33(25,29)30)23(21)32-20-11-9-8-10-12-20/h8-12,15-16H,4-7,13-14,17H2,1-3H3,(H2,25,29,30). The molecule has 0 aromatic heterocycles. The van der Waals surface area contributed by atoms with E-state index >= 15 is 0 Å². The Morgan fingerprint density at radius 3 is 2.12 bits per heavy atom. The van der Waals surface area contributed by atoms with E-state index in [2.05, 4.69) is 13.8 Å². The summed E-state index contributed by atoms with van der Waals surface area (Å²) in [7, 11) is -4.26. The second kappa shape index (κ2) is 12.4. The second-order valence-corrected chi connectivity index (χ2v) is 9.28. The third-order valence-corrected chi connectivity index (χ3v) is 5.77. The number of carbonyl (C=O) groups excluding carboxylic acids is 2. The number of carbonyl (C=O) groups is 2. The molecule has 2 rings (SSSR count). The van der Waals surface area contributed by atoms with Gasteiger partial charge < -0.3 is 14.4 Å². The summed E-state index contributed by atoms with van der Waals surface area (Å²) in [5, 5.41) is 5.54. The lowest BCUT2D eigenvalue weighted by atomic mass is 10.1. The molecule has 0 bridgehead atoms. The van der Waals surface area contributed by atoms with E-state index in [0.717, 1.165) is 31.7 Å². The van der Waals surface area contributed by atoms with E-state index in [-0.39, 0.29) is 22.0 Å². The molecule has 0 atom stereocenters. The van der Waals surface area contributed by atoms with Crippen molar-refractivity contribution in [1.82, 2.24) is 0 Å². The molecular weight excluding hydrogens is 444 g/mol. The fourth-order valence-corrected chi connectivity index (χ4v) is 3.86. The van der Waals surface area contributed by atoms with Gasteiger partial charge in [-0.1, -0.05) is 44.9 Å². The molecule has 0 aliphatic carbocycles. The van der Waals surface area contributed by atoms with Gasteiger partial charge in [0.25, 0.3) is 0 Å². The SMILES string of the molecule is CCCCN(CCCC)c1cc(C(=O)OCC(C)=O)cc(S(N)(=O)=O)c1Oc1ccccc1. The fraction of sp³-hybridized carbons (Fsp3) is 0.417. The molecule has 0 saturated heterocycles. The van der Waals surface area contributed by atoms with Crippen LogP contribution in [0.4, 0.5) is 5.69 Å². The zero-order valence-corrected chi connectivity index (χ0v) is 20.2. The first kappa shape index (κ1) is 26.3. The van der Waals surface area contributed by atoms with Crippen molar-refractivity contribution in [3.8, 4) is 11.5 Å². The lowest BCUT2D eigenvalue weighted by Crippen LogP contribution is -2.27. The van der Waals surface area contributed by atoms with Gasteiger partial charge in [0.15, 0.2) is 11.5 Å². The monoisotopic (exact) mass is 476 g/mol. The quantitative estimate of drug-likeness (QED) is 0.429. The van der Waals surface area contributed by atoms with Crippen molar-refractivity contribution in [1.29, 1.82) is 0 Å². The van der Waals surface area contributed by atoms with Crippen molar-refractivity contribution < 1.29 is 27.5 Å². The minimum absolute atomic E-state index is 0.0197. The maximum Gasteiger partial charge on any atom is 0.338 e. The van der Waals surface area contributed by atoms with E-state index in [1.54, 1.807) is 30.3 Å². The number of sulfonamides is 1. The highest BCUT2D eigenvalue weighted by atomic mass is 32.2. The van der Waals surface area contributed by atoms with Crippen molar-refractivity contribution in [2.75, 3.05) is 24.6 Å². The number of Topliss-reactive ketones (excluding diaryl/α,β-unsaturated/α-hetero) is 1. The van der Waals surface area contributed by atoms with Gasteiger partial charge >= 0.3 is 5.97 Å². The summed E-state index contributed by atoms with van der Waals surface area (Å²) < 4.78 is 36.2. The third kappa shape index (κ3) is 7.87. The molecule has 33 heavy (non-hydrogen) atoms. The van der Waals surface area contributed by atoms with Gasteiger partial charge in [-0.3, -0.25) is 4.79 Å². The summed E-state index contributed by atoms with van der Waals surface area (Å²) in [6.45, 7) is 6.28. The van der Waals surface area contributed by atoms with Crippen molar-refractivity contribution in [3.63, 3.8) is 0 Å². The van der Waals surface area contributed by atoms with Gasteiger partial charge in [0.2, 0.25) is 10.0 Å². The van der Waals surface area contributed by atoms with Crippen LogP contribution < -0.4 is 14.8 Å². The lowest BCUT2D eigenvalue weighted by Gasteiger charge is -2.28. The maximum atomic E-state index is 12.6. The number of unbranched alkanes of at least 4 members (excludes halogenated alkanes) is 2. The Hall–Kier alpha value is -2.91. The Balaban J connectivity index is 2.70. The average molecular weight is 477 g/mol. The number of ketones is 1. The molecule has 2 N–H and O–H groups in total. The number of rotatable bonds is 13. The van der Waals surface area contributed by atoms with Crippen molar-refractivity contribution in [3.05, 3.63) is 48.0 Å². The summed E-state index contributed by atoms with van der Waals surface area (Å²) in [5.41, 5.74) is 0.413. The molecule has 0 aliphatic heterocycles. The summed E-state index contributed by atoms with van der Waals surface area (Å²) in [6, 6.07) is 11.4. The molecule has 0 unspecified atom stereocenters. The van der Waals surface area contributed by atoms with Crippen LogP contribution in [0.2, 0.25) is 0 Å². The van der Waals surface area contributed by atoms with Crippen LogP contribution in [0, 0.1) is 0 Å². The van der Waals surface area contributed by atoms with E-state index < -0.39 is 22.6 Å². The molecule has 0 heterocycles. The number of benzene rings is 2. The molecule has 8 nitrogen and oxygen atoms in total. The summed E-state index contributed by atoms with van der Waals surface area (Å²) in [5.74, 6) is -0.652. The fourth-order valence-electron chi connectivity index (χ4n) is 3.16. The van der Waals surface area contributed by atoms with Crippen molar-refractivity contribution >= 4 is 27.5 Å². The summed E-state index contributed by atoms with van der Waals surface area (Å²) >= 11 is 0. The zero-order valence-electron chi connectivity index (χ0n) is 19.4. The smallest absolute Gasteiger partial charge is 0.338 e. The largest absolute Gasteiger partial charge is 0.454 e. The number of nitrogens with zero attached hydrogens (tertiary/aromatic N) is 1. The summed E-state index contributed by atoms with van der Waals surface area (Å²) in [4.78, 5) is 25.6. The van der Waals surface area contributed by atoms with Gasteiger partial charge in [-0.2, -0.15) is 0 Å². The maximum absolute atomic E-state index is 12.6. The van der Waals surface area contributed by atoms with Crippen LogP contribution in [-0.2, 0) is 19.6 Å². The van der Waals surface area contributed by atoms with Gasteiger partial charge in [-0.25, -0.2) is 18.4 Å². The number of ether oxygens (including phenoxy) is 2. The second-order valence-electron chi connectivity index (χ2n) is 7.76. The molecule has 0 fully saturated rings. The predicted octanol–water partition coefficient (Wildman–Crippen LogP) is 4.28. The van der Waals surface area contributed by atoms with Gasteiger partial charge in [0, 0.05) is 13.1 Å². The number of nitrogens with two attached hydrogens (primary N) is 1. The normalized spacial score (nSPS) is 11.2. The van der Waals surface area contributed by atoms with Gasteiger partial charge in [0.1, 0.15) is 17.3 Å². The number of primary sulfonamides is 1. The molecule has 0 amide bonds. The average Bonchev–Trinajstić information content (AvgIpc) is 2.77. The Kier molecular flexibility index (Phi) is 9.87. The zero-order chi connectivity index (χ0) is 24.4. The van der Waals surface area contributed by atoms with Gasteiger partial charge in [-0.15, -0.1) is 0 Å². The van der Waals surface area contributed by atoms with Crippen molar-refractivity contribution in [2.45, 2.75) is 51.3 Å². The highest BCUT2D eigenvalue weighted by Gasteiger charge is 2.26. The Morgan fingerprint density at radius 2 is 1.61 bits per heavy atom. The number of hydrogen-bond acceptors (Lipinski definition) is 7. The molecule has 0 aliphatic rings. The molecule has 2 aromatic rings. The molecule has 0 radical (unpaired) electrons. The first-order chi connectivity index (χ1) is 15.7. The van der Waals surface area contributed by atoms with E-state index in [0.29, 0.717) is 24.5 Å². The Labute approximate surface area is 195 Å². The van der Waals surface area contributed by atoms with Crippen LogP contribution in [0.25, 0.3) is 0 Å². The highest BCUT2D eigenvalue weighted by molar-refractivity contribution is 7.89. The minimum atomic E-state index is -4.26. The van der Waals surface area contributed by atoms with E-state index in [9.17, 15) is 18.0 Å². The number of esters is 1. The van der Waals surface area contributed by atoms with E-state index in [1.165, 1.54) is 6.92 Å².